The van der Waals surface area contributed by atoms with Crippen LogP contribution in [0.3, 0.4) is 0 Å². The number of hydrogen-bond acceptors (Lipinski definition) is 5. The quantitative estimate of drug-likeness (QED) is 0.727. The van der Waals surface area contributed by atoms with Gasteiger partial charge >= 0.3 is 0 Å². The predicted octanol–water partition coefficient (Wildman–Crippen LogP) is 3.62. The number of furan rings is 1. The Bertz CT molecular complexity index is 826. The minimum absolute atomic E-state index is 0.0117. The molecule has 0 fully saturated rings. The van der Waals surface area contributed by atoms with E-state index in [1.165, 1.54) is 6.26 Å². The molecule has 2 aromatic heterocycles. The van der Waals surface area contributed by atoms with Crippen LogP contribution in [-0.4, -0.2) is 36.6 Å². The zero-order valence-electron chi connectivity index (χ0n) is 13.9. The first-order valence-corrected chi connectivity index (χ1v) is 8.13. The molecule has 0 spiro atoms. The van der Waals surface area contributed by atoms with Crippen LogP contribution in [0.1, 0.15) is 22.1 Å². The number of benzene rings is 1. The molecule has 0 radical (unpaired) electrons. The van der Waals surface area contributed by atoms with Gasteiger partial charge in [-0.15, -0.1) is 0 Å². The molecule has 0 aliphatic carbocycles. The topological polar surface area (TPSA) is 71.5 Å². The Morgan fingerprint density at radius 1 is 1.24 bits per heavy atom. The van der Waals surface area contributed by atoms with Crippen molar-refractivity contribution in [3.63, 3.8) is 0 Å². The van der Waals surface area contributed by atoms with Crippen molar-refractivity contribution in [3.8, 4) is 11.5 Å². The highest BCUT2D eigenvalue weighted by Crippen LogP contribution is 2.22. The molecule has 1 unspecified atom stereocenters. The van der Waals surface area contributed by atoms with E-state index in [1.54, 1.807) is 18.2 Å². The lowest BCUT2D eigenvalue weighted by Crippen LogP contribution is -2.34. The summed E-state index contributed by atoms with van der Waals surface area (Å²) in [6.07, 6.45) is 1.53. The largest absolute Gasteiger partial charge is 0.461 e. The molecule has 1 amide bonds. The van der Waals surface area contributed by atoms with Gasteiger partial charge in [-0.25, -0.2) is 0 Å². The molecule has 0 aliphatic heterocycles. The van der Waals surface area contributed by atoms with E-state index in [0.29, 0.717) is 23.1 Å². The van der Waals surface area contributed by atoms with Gasteiger partial charge in [-0.05, 0) is 43.9 Å². The monoisotopic (exact) mass is 359 g/mol. The van der Waals surface area contributed by atoms with Crippen LogP contribution >= 0.6 is 11.6 Å². The van der Waals surface area contributed by atoms with Crippen molar-refractivity contribution in [2.45, 2.75) is 6.04 Å². The highest BCUT2D eigenvalue weighted by Gasteiger charge is 2.19. The van der Waals surface area contributed by atoms with E-state index >= 15 is 0 Å². The molecule has 3 rings (SSSR count). The Morgan fingerprint density at radius 2 is 2.00 bits per heavy atom. The number of likely N-dealkylation sites (N-methyl/N-ethyl adjacent to an activating group) is 1. The van der Waals surface area contributed by atoms with Crippen molar-refractivity contribution < 1.29 is 13.7 Å². The lowest BCUT2D eigenvalue weighted by molar-refractivity contribution is 0.0933. The summed E-state index contributed by atoms with van der Waals surface area (Å²) in [5.74, 6) is 0.637. The number of rotatable bonds is 6. The van der Waals surface area contributed by atoms with Gasteiger partial charge in [0.25, 0.3) is 5.91 Å². The molecule has 6 nitrogen and oxygen atoms in total. The molecule has 1 aromatic carbocycles. The van der Waals surface area contributed by atoms with Crippen molar-refractivity contribution in [2.75, 3.05) is 20.6 Å². The molecular weight excluding hydrogens is 342 g/mol. The van der Waals surface area contributed by atoms with Crippen LogP contribution in [0, 0.1) is 0 Å². The van der Waals surface area contributed by atoms with Crippen LogP contribution in [0.15, 0.2) is 57.7 Å². The summed E-state index contributed by atoms with van der Waals surface area (Å²) in [7, 11) is 3.91. The van der Waals surface area contributed by atoms with Crippen LogP contribution in [0.5, 0.6) is 0 Å². The second-order valence-corrected chi connectivity index (χ2v) is 6.23. The first-order valence-electron chi connectivity index (χ1n) is 7.75. The zero-order chi connectivity index (χ0) is 17.8. The summed E-state index contributed by atoms with van der Waals surface area (Å²) in [5.41, 5.74) is 1.27. The third-order valence-electron chi connectivity index (χ3n) is 3.84. The summed E-state index contributed by atoms with van der Waals surface area (Å²) < 4.78 is 10.4. The maximum atomic E-state index is 12.3. The number of carbonyl (C=O) groups is 1. The Labute approximate surface area is 150 Å². The third-order valence-corrected chi connectivity index (χ3v) is 4.09. The van der Waals surface area contributed by atoms with E-state index in [4.69, 9.17) is 20.5 Å². The molecule has 2 heterocycles. The van der Waals surface area contributed by atoms with Gasteiger partial charge in [-0.3, -0.25) is 4.79 Å². The van der Waals surface area contributed by atoms with Gasteiger partial charge < -0.3 is 19.2 Å². The standard InChI is InChI=1S/C18H18ClN3O3/c1-22(2)15(12-5-7-13(19)8-6-12)11-20-18(23)14-10-17(25-21-14)16-4-3-9-24-16/h3-10,15H,11H2,1-2H3,(H,20,23). The fourth-order valence-electron chi connectivity index (χ4n) is 2.48. The van der Waals surface area contributed by atoms with Crippen molar-refractivity contribution in [2.24, 2.45) is 0 Å². The van der Waals surface area contributed by atoms with Crippen LogP contribution in [0.2, 0.25) is 5.02 Å². The molecule has 1 N–H and O–H groups in total. The molecular formula is C18H18ClN3O3. The fraction of sp³-hybridized carbons (Fsp3) is 0.222. The van der Waals surface area contributed by atoms with Crippen LogP contribution in [-0.2, 0) is 0 Å². The van der Waals surface area contributed by atoms with Gasteiger partial charge in [0.2, 0.25) is 5.76 Å². The molecule has 3 aromatic rings. The Hall–Kier alpha value is -2.57. The number of hydrogen-bond donors (Lipinski definition) is 1. The fourth-order valence-corrected chi connectivity index (χ4v) is 2.61. The average molecular weight is 360 g/mol. The Kier molecular flexibility index (Phi) is 5.21. The van der Waals surface area contributed by atoms with E-state index in [0.717, 1.165) is 5.56 Å². The molecule has 130 valence electrons. The van der Waals surface area contributed by atoms with E-state index in [1.807, 2.05) is 43.3 Å². The van der Waals surface area contributed by atoms with Gasteiger partial charge in [-0.2, -0.15) is 0 Å². The normalized spacial score (nSPS) is 12.3. The summed E-state index contributed by atoms with van der Waals surface area (Å²) >= 11 is 5.94. The predicted molar refractivity (Wildman–Crippen MR) is 94.4 cm³/mol. The summed E-state index contributed by atoms with van der Waals surface area (Å²) in [6.45, 7) is 0.427. The van der Waals surface area contributed by atoms with Gasteiger partial charge in [0.15, 0.2) is 11.5 Å². The van der Waals surface area contributed by atoms with Crippen LogP contribution in [0.25, 0.3) is 11.5 Å². The van der Waals surface area contributed by atoms with Crippen molar-refractivity contribution in [3.05, 3.63) is 65.0 Å². The van der Waals surface area contributed by atoms with Crippen molar-refractivity contribution >= 4 is 17.5 Å². The molecule has 0 bridgehead atoms. The van der Waals surface area contributed by atoms with Gasteiger partial charge in [0, 0.05) is 17.6 Å². The minimum atomic E-state index is -0.303. The van der Waals surface area contributed by atoms with Gasteiger partial charge in [0.05, 0.1) is 12.3 Å². The van der Waals surface area contributed by atoms with Crippen LogP contribution < -0.4 is 5.32 Å². The van der Waals surface area contributed by atoms with Crippen molar-refractivity contribution in [1.29, 1.82) is 0 Å². The first kappa shape index (κ1) is 17.3. The van der Waals surface area contributed by atoms with Gasteiger partial charge in [0.1, 0.15) is 0 Å². The van der Waals surface area contributed by atoms with E-state index in [-0.39, 0.29) is 17.6 Å². The van der Waals surface area contributed by atoms with E-state index in [2.05, 4.69) is 10.5 Å². The Morgan fingerprint density at radius 3 is 2.64 bits per heavy atom. The maximum Gasteiger partial charge on any atom is 0.273 e. The van der Waals surface area contributed by atoms with Crippen LogP contribution in [0.4, 0.5) is 0 Å². The summed E-state index contributed by atoms with van der Waals surface area (Å²) in [5, 5.41) is 7.37. The Balaban J connectivity index is 1.66. The lowest BCUT2D eigenvalue weighted by Gasteiger charge is -2.25. The first-order chi connectivity index (χ1) is 12.0. The molecule has 0 saturated carbocycles. The molecule has 25 heavy (non-hydrogen) atoms. The summed E-state index contributed by atoms with van der Waals surface area (Å²) in [4.78, 5) is 14.4. The minimum Gasteiger partial charge on any atom is -0.461 e. The molecule has 0 aliphatic rings. The number of carbonyl (C=O) groups excluding carboxylic acids is 1. The number of halogens is 1. The zero-order valence-corrected chi connectivity index (χ0v) is 14.7. The molecule has 7 heteroatoms. The van der Waals surface area contributed by atoms with E-state index in [9.17, 15) is 4.79 Å². The highest BCUT2D eigenvalue weighted by atomic mass is 35.5. The van der Waals surface area contributed by atoms with Gasteiger partial charge in [-0.1, -0.05) is 28.9 Å². The molecule has 0 saturated heterocycles. The average Bonchev–Trinajstić information content (AvgIpc) is 3.27. The number of nitrogens with zero attached hydrogens (tertiary/aromatic N) is 2. The third kappa shape index (κ3) is 4.10. The maximum absolute atomic E-state index is 12.3. The number of nitrogens with one attached hydrogen (secondary N) is 1. The second kappa shape index (κ2) is 7.55. The number of aromatic nitrogens is 1. The SMILES string of the molecule is CN(C)C(CNC(=O)c1cc(-c2ccco2)on1)c1ccc(Cl)cc1. The number of amides is 1. The van der Waals surface area contributed by atoms with E-state index < -0.39 is 0 Å². The lowest BCUT2D eigenvalue weighted by atomic mass is 10.1. The molecule has 1 atom stereocenters. The highest BCUT2D eigenvalue weighted by molar-refractivity contribution is 6.30. The smallest absolute Gasteiger partial charge is 0.273 e. The summed E-state index contributed by atoms with van der Waals surface area (Å²) in [6, 6.07) is 12.6. The second-order valence-electron chi connectivity index (χ2n) is 5.79. The van der Waals surface area contributed by atoms with Crippen molar-refractivity contribution in [1.82, 2.24) is 15.4 Å².